The fraction of sp³-hybridized carbons (Fsp3) is 0.0909. The summed E-state index contributed by atoms with van der Waals surface area (Å²) in [6, 6.07) is 91.3. The number of benzene rings is 10. The lowest BCUT2D eigenvalue weighted by atomic mass is 9.75. The van der Waals surface area contributed by atoms with Gasteiger partial charge in [0.15, 0.2) is 0 Å². The molecule has 68 heavy (non-hydrogen) atoms. The first kappa shape index (κ1) is 41.2. The van der Waals surface area contributed by atoms with Crippen molar-refractivity contribution in [1.82, 2.24) is 0 Å². The van der Waals surface area contributed by atoms with Crippen LogP contribution < -0.4 is 9.80 Å². The van der Waals surface area contributed by atoms with Gasteiger partial charge in [-0.2, -0.15) is 0 Å². The van der Waals surface area contributed by atoms with E-state index in [1.54, 1.807) is 0 Å². The molecular formula is C66H52N2. The minimum absolute atomic E-state index is 0.0394. The van der Waals surface area contributed by atoms with Crippen LogP contribution >= 0.6 is 0 Å². The molecule has 2 nitrogen and oxygen atoms in total. The average molecular weight is 873 g/mol. The number of hydrogen-bond donors (Lipinski definition) is 0. The lowest BCUT2D eigenvalue weighted by Gasteiger charge is -2.30. The highest BCUT2D eigenvalue weighted by molar-refractivity contribution is 5.93. The zero-order chi connectivity index (χ0) is 45.8. The Morgan fingerprint density at radius 2 is 0.735 bits per heavy atom. The van der Waals surface area contributed by atoms with Crippen LogP contribution in [0.3, 0.4) is 0 Å². The summed E-state index contributed by atoms with van der Waals surface area (Å²) in [5.41, 5.74) is 23.6. The summed E-state index contributed by atoms with van der Waals surface area (Å²) < 4.78 is 0. The van der Waals surface area contributed by atoms with Gasteiger partial charge in [-0.15, -0.1) is 0 Å². The van der Waals surface area contributed by atoms with Crippen molar-refractivity contribution in [2.24, 2.45) is 0 Å². The van der Waals surface area contributed by atoms with E-state index in [4.69, 9.17) is 0 Å². The summed E-state index contributed by atoms with van der Waals surface area (Å²) in [4.78, 5) is 4.71. The first-order chi connectivity index (χ1) is 33.3. The zero-order valence-electron chi connectivity index (χ0n) is 38.8. The van der Waals surface area contributed by atoms with Crippen LogP contribution in [-0.2, 0) is 17.3 Å². The predicted molar refractivity (Wildman–Crippen MR) is 286 cm³/mol. The van der Waals surface area contributed by atoms with Crippen LogP contribution in [0.1, 0.15) is 48.6 Å². The maximum absolute atomic E-state index is 2.44. The minimum Gasteiger partial charge on any atom is -0.311 e. The molecule has 0 bridgehead atoms. The van der Waals surface area contributed by atoms with E-state index in [0.29, 0.717) is 0 Å². The van der Waals surface area contributed by atoms with Crippen LogP contribution in [-0.4, -0.2) is 0 Å². The van der Waals surface area contributed by atoms with Gasteiger partial charge in [-0.1, -0.05) is 191 Å². The normalized spacial score (nSPS) is 14.9. The summed E-state index contributed by atoms with van der Waals surface area (Å²) in [5, 5.41) is 0. The van der Waals surface area contributed by atoms with E-state index < -0.39 is 0 Å². The van der Waals surface area contributed by atoms with Gasteiger partial charge in [0.05, 0.1) is 0 Å². The van der Waals surface area contributed by atoms with E-state index in [1.807, 2.05) is 0 Å². The molecule has 2 aliphatic carbocycles. The largest absolute Gasteiger partial charge is 0.311 e. The molecule has 0 heterocycles. The molecule has 0 radical (unpaired) electrons. The molecule has 0 aromatic heterocycles. The highest BCUT2D eigenvalue weighted by atomic mass is 15.1. The zero-order valence-corrected chi connectivity index (χ0v) is 38.8. The summed E-state index contributed by atoms with van der Waals surface area (Å²) in [7, 11) is 0. The van der Waals surface area contributed by atoms with Crippen molar-refractivity contribution in [2.45, 2.75) is 38.0 Å². The number of nitrogens with zero attached hydrogens (tertiary/aromatic N) is 2. The van der Waals surface area contributed by atoms with Crippen LogP contribution in [0.2, 0.25) is 0 Å². The van der Waals surface area contributed by atoms with Gasteiger partial charge in [-0.25, -0.2) is 0 Å². The first-order valence-electron chi connectivity index (χ1n) is 23.9. The van der Waals surface area contributed by atoms with Crippen molar-refractivity contribution in [3.8, 4) is 44.5 Å². The van der Waals surface area contributed by atoms with Crippen LogP contribution in [0.15, 0.2) is 249 Å². The first-order valence-corrected chi connectivity index (χ1v) is 23.9. The Bertz CT molecular complexity index is 3410. The van der Waals surface area contributed by atoms with Crippen molar-refractivity contribution >= 4 is 34.1 Å². The smallest absolute Gasteiger partial charge is 0.0464 e. The van der Waals surface area contributed by atoms with Crippen LogP contribution in [0, 0.1) is 0 Å². The van der Waals surface area contributed by atoms with Gasteiger partial charge < -0.3 is 9.80 Å². The molecule has 1 atom stereocenters. The number of anilines is 6. The van der Waals surface area contributed by atoms with Crippen molar-refractivity contribution in [3.05, 3.63) is 277 Å². The maximum atomic E-state index is 2.44. The number of para-hydroxylation sites is 3. The van der Waals surface area contributed by atoms with E-state index in [2.05, 4.69) is 279 Å². The third-order valence-corrected chi connectivity index (χ3v) is 14.7. The Labute approximate surface area is 401 Å². The van der Waals surface area contributed by atoms with Gasteiger partial charge in [0.25, 0.3) is 0 Å². The van der Waals surface area contributed by atoms with Gasteiger partial charge in [0.2, 0.25) is 0 Å². The molecule has 0 fully saturated rings. The predicted octanol–water partition coefficient (Wildman–Crippen LogP) is 17.8. The molecule has 12 rings (SSSR count). The van der Waals surface area contributed by atoms with Crippen LogP contribution in [0.5, 0.6) is 0 Å². The molecule has 0 saturated carbocycles. The fourth-order valence-corrected chi connectivity index (χ4v) is 11.4. The standard InChI is InChI=1S/C66H52N2/c1-65(2)60-30-15-14-28-58(60)64-56(29-18-32-63(64)65)48-35-40-54(41-36-48)68(52-24-11-6-12-25-52)55-26-17-19-46(43-55)45-66(3)61-31-16-13-27-57(61)59-44-49(37-42-62(59)66)47-33-38-53(39-34-47)67(50-20-7-4-8-21-50)51-22-9-5-10-23-51/h4-44H,45H2,1-3H3. The van der Waals surface area contributed by atoms with Crippen LogP contribution in [0.4, 0.5) is 34.1 Å². The van der Waals surface area contributed by atoms with E-state index in [1.165, 1.54) is 72.3 Å². The van der Waals surface area contributed by atoms with Gasteiger partial charge >= 0.3 is 0 Å². The lowest BCUT2D eigenvalue weighted by Crippen LogP contribution is -2.24. The minimum atomic E-state index is -0.221. The van der Waals surface area contributed by atoms with Crippen molar-refractivity contribution in [2.75, 3.05) is 9.80 Å². The molecule has 326 valence electrons. The molecule has 0 amide bonds. The molecule has 0 spiro atoms. The quantitative estimate of drug-likeness (QED) is 0.135. The summed E-state index contributed by atoms with van der Waals surface area (Å²) in [6.45, 7) is 7.14. The second-order valence-corrected chi connectivity index (χ2v) is 19.2. The highest BCUT2D eigenvalue weighted by Gasteiger charge is 2.40. The summed E-state index contributed by atoms with van der Waals surface area (Å²) in [6.07, 6.45) is 0.867. The van der Waals surface area contributed by atoms with Gasteiger partial charge in [-0.05, 0) is 158 Å². The SMILES string of the molecule is CC1(C)c2ccccc2-c2c(-c3ccc(N(c4ccccc4)c4cccc(CC5(C)c6ccccc6-c6cc(-c7ccc(N(c8ccccc8)c8ccccc8)cc7)ccc65)c4)cc3)cccc21. The number of fused-ring (bicyclic) bond motifs is 6. The Kier molecular flexibility index (Phi) is 10.1. The lowest BCUT2D eigenvalue weighted by molar-refractivity contribution is 0.583. The highest BCUT2D eigenvalue weighted by Crippen LogP contribution is 2.54. The number of hydrogen-bond acceptors (Lipinski definition) is 2. The second kappa shape index (κ2) is 16.6. The Morgan fingerprint density at radius 1 is 0.294 bits per heavy atom. The van der Waals surface area contributed by atoms with Gasteiger partial charge in [0.1, 0.15) is 0 Å². The molecule has 2 aliphatic rings. The molecule has 1 unspecified atom stereocenters. The molecule has 2 heteroatoms. The number of rotatable bonds is 10. The second-order valence-electron chi connectivity index (χ2n) is 19.2. The van der Waals surface area contributed by atoms with Crippen molar-refractivity contribution in [1.29, 1.82) is 0 Å². The molecule has 10 aromatic rings. The maximum Gasteiger partial charge on any atom is 0.0464 e. The molecular weight excluding hydrogens is 821 g/mol. The Hall–Kier alpha value is -8.20. The van der Waals surface area contributed by atoms with Crippen molar-refractivity contribution < 1.29 is 0 Å². The van der Waals surface area contributed by atoms with Crippen LogP contribution in [0.25, 0.3) is 44.5 Å². The van der Waals surface area contributed by atoms with E-state index >= 15 is 0 Å². The topological polar surface area (TPSA) is 6.48 Å². The third-order valence-electron chi connectivity index (χ3n) is 14.7. The average Bonchev–Trinajstić information content (AvgIpc) is 3.78. The van der Waals surface area contributed by atoms with Crippen molar-refractivity contribution in [3.63, 3.8) is 0 Å². The third kappa shape index (κ3) is 6.95. The molecule has 10 aromatic carbocycles. The Balaban J connectivity index is 0.866. The fourth-order valence-electron chi connectivity index (χ4n) is 11.4. The molecule has 0 saturated heterocycles. The van der Waals surface area contributed by atoms with Gasteiger partial charge in [0, 0.05) is 45.0 Å². The molecule has 0 aliphatic heterocycles. The molecule has 0 N–H and O–H groups in total. The van der Waals surface area contributed by atoms with E-state index in [0.717, 1.165) is 40.5 Å². The summed E-state index contributed by atoms with van der Waals surface area (Å²) in [5.74, 6) is 0. The summed E-state index contributed by atoms with van der Waals surface area (Å²) >= 11 is 0. The Morgan fingerprint density at radius 3 is 1.37 bits per heavy atom. The monoisotopic (exact) mass is 872 g/mol. The van der Waals surface area contributed by atoms with E-state index in [9.17, 15) is 0 Å². The van der Waals surface area contributed by atoms with E-state index in [-0.39, 0.29) is 10.8 Å². The van der Waals surface area contributed by atoms with Gasteiger partial charge in [-0.3, -0.25) is 0 Å².